The zero-order valence-electron chi connectivity index (χ0n) is 15.9. The molecule has 6 nitrogen and oxygen atoms in total. The maximum atomic E-state index is 11.9. The van der Waals surface area contributed by atoms with Crippen LogP contribution in [0.25, 0.3) is 20.3 Å². The highest BCUT2D eigenvalue weighted by Gasteiger charge is 2.24. The number of anilines is 1. The molecule has 1 aromatic carbocycles. The Kier molecular flexibility index (Phi) is 4.97. The predicted molar refractivity (Wildman–Crippen MR) is 110 cm³/mol. The number of methoxy groups -OCH3 is 1. The molecule has 0 amide bonds. The Balaban J connectivity index is 1.67. The van der Waals surface area contributed by atoms with Crippen LogP contribution in [0.3, 0.4) is 0 Å². The molecule has 142 valence electrons. The van der Waals surface area contributed by atoms with Gasteiger partial charge in [-0.15, -0.1) is 11.3 Å². The number of carbonyl (C=O) groups excluding carboxylic acids is 1. The molecule has 4 rings (SSSR count). The van der Waals surface area contributed by atoms with E-state index in [9.17, 15) is 4.79 Å². The Bertz CT molecular complexity index is 977. The minimum absolute atomic E-state index is 0.329. The summed E-state index contributed by atoms with van der Waals surface area (Å²) in [4.78, 5) is 24.2. The molecule has 2 aromatic heterocycles. The van der Waals surface area contributed by atoms with Crippen molar-refractivity contribution in [3.05, 3.63) is 30.1 Å². The van der Waals surface area contributed by atoms with Crippen molar-refractivity contribution in [3.8, 4) is 0 Å². The van der Waals surface area contributed by atoms with Crippen LogP contribution in [-0.4, -0.2) is 54.1 Å². The van der Waals surface area contributed by atoms with Crippen molar-refractivity contribution in [1.29, 1.82) is 0 Å². The number of esters is 1. The number of thiophene rings is 1. The lowest BCUT2D eigenvalue weighted by Gasteiger charge is -2.33. The summed E-state index contributed by atoms with van der Waals surface area (Å²) in [5, 5.41) is 5.65. The van der Waals surface area contributed by atoms with Gasteiger partial charge >= 0.3 is 5.97 Å². The number of rotatable bonds is 4. The Hall–Kier alpha value is -2.25. The van der Waals surface area contributed by atoms with Crippen LogP contribution < -0.4 is 5.32 Å². The fourth-order valence-electron chi connectivity index (χ4n) is 3.89. The summed E-state index contributed by atoms with van der Waals surface area (Å²) in [5.74, 6) is 0.534. The van der Waals surface area contributed by atoms with E-state index in [-0.39, 0.29) is 5.97 Å². The van der Waals surface area contributed by atoms with Crippen LogP contribution in [-0.2, 0) is 4.74 Å². The van der Waals surface area contributed by atoms with Crippen LogP contribution in [0, 0.1) is 0 Å². The molecule has 0 saturated heterocycles. The van der Waals surface area contributed by atoms with E-state index < -0.39 is 0 Å². The fourth-order valence-corrected chi connectivity index (χ4v) is 4.92. The van der Waals surface area contributed by atoms with Gasteiger partial charge in [0, 0.05) is 22.2 Å². The molecule has 1 aliphatic rings. The van der Waals surface area contributed by atoms with Gasteiger partial charge < -0.3 is 15.0 Å². The van der Waals surface area contributed by atoms with Crippen molar-refractivity contribution in [1.82, 2.24) is 14.9 Å². The Morgan fingerprint density at radius 2 is 2.00 bits per heavy atom. The Morgan fingerprint density at radius 3 is 2.70 bits per heavy atom. The summed E-state index contributed by atoms with van der Waals surface area (Å²) >= 11 is 1.62. The van der Waals surface area contributed by atoms with Gasteiger partial charge in [0.1, 0.15) is 17.0 Å². The molecule has 1 N–H and O–H groups in total. The van der Waals surface area contributed by atoms with Crippen molar-refractivity contribution >= 4 is 43.4 Å². The quantitative estimate of drug-likeness (QED) is 0.688. The zero-order valence-corrected chi connectivity index (χ0v) is 16.7. The molecule has 0 bridgehead atoms. The first-order valence-corrected chi connectivity index (χ1v) is 10.1. The molecular weight excluding hydrogens is 360 g/mol. The molecule has 0 spiro atoms. The average molecular weight is 385 g/mol. The molecule has 0 radical (unpaired) electrons. The summed E-state index contributed by atoms with van der Waals surface area (Å²) < 4.78 is 5.96. The first kappa shape index (κ1) is 18.1. The Morgan fingerprint density at radius 1 is 1.22 bits per heavy atom. The monoisotopic (exact) mass is 384 g/mol. The third-order valence-corrected chi connectivity index (χ3v) is 6.54. The van der Waals surface area contributed by atoms with Gasteiger partial charge in [-0.05, 0) is 58.0 Å². The highest BCUT2D eigenvalue weighted by Crippen LogP contribution is 2.37. The highest BCUT2D eigenvalue weighted by molar-refractivity contribution is 7.25. The first-order chi connectivity index (χ1) is 13.1. The number of aromatic nitrogens is 2. The molecule has 1 fully saturated rings. The minimum atomic E-state index is -0.329. The SMILES string of the molecule is COC(=O)c1ccc2sc3ncnc(N[C@H]4CC[C@H](N(C)C)CC4)c3c2c1. The van der Waals surface area contributed by atoms with E-state index in [0.29, 0.717) is 17.6 Å². The standard InChI is InChI=1S/C20H24N4O2S/c1-24(2)14-7-5-13(6-8-14)23-18-17-15-10-12(20(25)26-3)4-9-16(15)27-19(17)22-11-21-18/h4,9-11,13-14H,5-8H2,1-3H3,(H,21,22,23)/t13-,14-. The Labute approximate surface area is 162 Å². The summed E-state index contributed by atoms with van der Waals surface area (Å²) in [6.07, 6.45) is 6.26. The molecule has 0 aliphatic heterocycles. The second-order valence-electron chi connectivity index (χ2n) is 7.32. The molecule has 7 heteroatoms. The molecule has 27 heavy (non-hydrogen) atoms. The smallest absolute Gasteiger partial charge is 0.337 e. The van der Waals surface area contributed by atoms with Gasteiger partial charge in [-0.2, -0.15) is 0 Å². The number of hydrogen-bond acceptors (Lipinski definition) is 7. The molecule has 1 saturated carbocycles. The number of hydrogen-bond donors (Lipinski definition) is 1. The minimum Gasteiger partial charge on any atom is -0.465 e. The predicted octanol–water partition coefficient (Wildman–Crippen LogP) is 3.92. The maximum Gasteiger partial charge on any atom is 0.337 e. The molecule has 0 unspecified atom stereocenters. The van der Waals surface area contributed by atoms with Crippen molar-refractivity contribution in [3.63, 3.8) is 0 Å². The fraction of sp³-hybridized carbons (Fsp3) is 0.450. The topological polar surface area (TPSA) is 67.3 Å². The van der Waals surface area contributed by atoms with Gasteiger partial charge in [0.05, 0.1) is 18.1 Å². The summed E-state index contributed by atoms with van der Waals surface area (Å²) in [7, 11) is 5.71. The number of benzene rings is 1. The van der Waals surface area contributed by atoms with Gasteiger partial charge in [0.2, 0.25) is 0 Å². The van der Waals surface area contributed by atoms with E-state index in [0.717, 1.165) is 39.0 Å². The van der Waals surface area contributed by atoms with Crippen LogP contribution in [0.5, 0.6) is 0 Å². The van der Waals surface area contributed by atoms with Crippen LogP contribution in [0.1, 0.15) is 36.0 Å². The summed E-state index contributed by atoms with van der Waals surface area (Å²) in [6, 6.07) is 6.72. The van der Waals surface area contributed by atoms with E-state index in [4.69, 9.17) is 4.74 Å². The van der Waals surface area contributed by atoms with Crippen LogP contribution in [0.4, 0.5) is 5.82 Å². The van der Waals surface area contributed by atoms with Gasteiger partial charge in [-0.25, -0.2) is 14.8 Å². The van der Waals surface area contributed by atoms with E-state index >= 15 is 0 Å². The lowest BCUT2D eigenvalue weighted by atomic mass is 9.90. The van der Waals surface area contributed by atoms with Crippen molar-refractivity contribution in [2.45, 2.75) is 37.8 Å². The first-order valence-electron chi connectivity index (χ1n) is 9.25. The molecular formula is C20H24N4O2S. The van der Waals surface area contributed by atoms with Gasteiger partial charge in [0.25, 0.3) is 0 Å². The van der Waals surface area contributed by atoms with E-state index in [1.54, 1.807) is 23.7 Å². The summed E-state index contributed by atoms with van der Waals surface area (Å²) in [6.45, 7) is 0. The number of nitrogens with one attached hydrogen (secondary N) is 1. The second kappa shape index (κ2) is 7.40. The zero-order chi connectivity index (χ0) is 19.0. The third kappa shape index (κ3) is 3.49. The van der Waals surface area contributed by atoms with Crippen LogP contribution >= 0.6 is 11.3 Å². The van der Waals surface area contributed by atoms with Crippen molar-refractivity contribution in [2.24, 2.45) is 0 Å². The summed E-state index contributed by atoms with van der Waals surface area (Å²) in [5.41, 5.74) is 0.547. The van der Waals surface area contributed by atoms with Crippen molar-refractivity contribution < 1.29 is 9.53 Å². The van der Waals surface area contributed by atoms with Gasteiger partial charge in [0.15, 0.2) is 0 Å². The number of nitrogens with zero attached hydrogens (tertiary/aromatic N) is 3. The number of fused-ring (bicyclic) bond motifs is 3. The molecule has 0 atom stereocenters. The van der Waals surface area contributed by atoms with Crippen LogP contribution in [0.15, 0.2) is 24.5 Å². The lowest BCUT2D eigenvalue weighted by molar-refractivity contribution is 0.0601. The van der Waals surface area contributed by atoms with Gasteiger partial charge in [-0.3, -0.25) is 0 Å². The van der Waals surface area contributed by atoms with E-state index in [1.807, 2.05) is 12.1 Å². The largest absolute Gasteiger partial charge is 0.465 e. The number of carbonyl (C=O) groups is 1. The van der Waals surface area contributed by atoms with E-state index in [1.165, 1.54) is 20.0 Å². The average Bonchev–Trinajstić information content (AvgIpc) is 3.06. The van der Waals surface area contributed by atoms with Crippen LogP contribution in [0.2, 0.25) is 0 Å². The van der Waals surface area contributed by atoms with Crippen molar-refractivity contribution in [2.75, 3.05) is 26.5 Å². The molecule has 1 aliphatic carbocycles. The highest BCUT2D eigenvalue weighted by atomic mass is 32.1. The number of ether oxygens (including phenoxy) is 1. The van der Waals surface area contributed by atoms with E-state index in [2.05, 4.69) is 34.3 Å². The van der Waals surface area contributed by atoms with Gasteiger partial charge in [-0.1, -0.05) is 0 Å². The normalized spacial score (nSPS) is 20.3. The second-order valence-corrected chi connectivity index (χ2v) is 8.35. The molecule has 3 aromatic rings. The maximum absolute atomic E-state index is 11.9. The third-order valence-electron chi connectivity index (χ3n) is 5.46. The molecule has 2 heterocycles. The lowest BCUT2D eigenvalue weighted by Crippen LogP contribution is -2.36.